The Labute approximate surface area is 134 Å². The largest absolute Gasteiger partial charge is 0.467 e. The van der Waals surface area contributed by atoms with Crippen molar-refractivity contribution in [1.29, 1.82) is 0 Å². The van der Waals surface area contributed by atoms with Crippen molar-refractivity contribution in [2.75, 3.05) is 13.7 Å². The zero-order valence-corrected chi connectivity index (χ0v) is 13.1. The number of hydrogen-bond donors (Lipinski definition) is 2. The molecule has 0 aliphatic carbocycles. The minimum Gasteiger partial charge on any atom is -0.467 e. The summed E-state index contributed by atoms with van der Waals surface area (Å²) < 4.78 is 10.5. The summed E-state index contributed by atoms with van der Waals surface area (Å²) in [7, 11) is 1.51. The highest BCUT2D eigenvalue weighted by molar-refractivity contribution is 6.35. The molecule has 0 saturated heterocycles. The second-order valence-corrected chi connectivity index (χ2v) is 5.06. The molecule has 0 spiro atoms. The van der Waals surface area contributed by atoms with E-state index >= 15 is 0 Å². The molecule has 1 aromatic carbocycles. The molecule has 0 aliphatic rings. The van der Waals surface area contributed by atoms with E-state index in [1.165, 1.54) is 13.4 Å². The van der Waals surface area contributed by atoms with Crippen LogP contribution in [0.2, 0.25) is 0 Å². The molecule has 2 amide bonds. The molecule has 2 N–H and O–H groups in total. The molecule has 1 aromatic heterocycles. The Morgan fingerprint density at radius 1 is 1.13 bits per heavy atom. The van der Waals surface area contributed by atoms with E-state index in [-0.39, 0.29) is 12.6 Å². The van der Waals surface area contributed by atoms with Crippen LogP contribution in [0, 0.1) is 0 Å². The molecule has 2 unspecified atom stereocenters. The van der Waals surface area contributed by atoms with Crippen LogP contribution in [0.25, 0.3) is 0 Å². The third-order valence-electron chi connectivity index (χ3n) is 3.45. The highest BCUT2D eigenvalue weighted by Gasteiger charge is 2.20. The van der Waals surface area contributed by atoms with Gasteiger partial charge in [-0.25, -0.2) is 0 Å². The summed E-state index contributed by atoms with van der Waals surface area (Å²) in [5, 5.41) is 5.20. The maximum Gasteiger partial charge on any atom is 0.309 e. The highest BCUT2D eigenvalue weighted by atomic mass is 16.5. The minimum absolute atomic E-state index is 0.149. The summed E-state index contributed by atoms with van der Waals surface area (Å²) in [4.78, 5) is 23.8. The molecule has 122 valence electrons. The van der Waals surface area contributed by atoms with E-state index in [1.807, 2.05) is 37.3 Å². The van der Waals surface area contributed by atoms with Gasteiger partial charge in [0.25, 0.3) is 0 Å². The van der Waals surface area contributed by atoms with Gasteiger partial charge in [0.2, 0.25) is 0 Å². The first-order valence-electron chi connectivity index (χ1n) is 7.31. The molecule has 2 atom stereocenters. The molecular weight excluding hydrogens is 296 g/mol. The number of amides is 2. The van der Waals surface area contributed by atoms with E-state index in [0.29, 0.717) is 5.76 Å². The molecule has 0 radical (unpaired) electrons. The van der Waals surface area contributed by atoms with Gasteiger partial charge in [-0.05, 0) is 24.6 Å². The predicted octanol–water partition coefficient (Wildman–Crippen LogP) is 1.96. The number of carbonyl (C=O) groups excluding carboxylic acids is 2. The maximum atomic E-state index is 11.9. The van der Waals surface area contributed by atoms with E-state index in [2.05, 4.69) is 10.6 Å². The minimum atomic E-state index is -0.707. The molecular formula is C17H20N2O4. The summed E-state index contributed by atoms with van der Waals surface area (Å²) >= 11 is 0. The van der Waals surface area contributed by atoms with Crippen LogP contribution in [0.15, 0.2) is 53.1 Å². The van der Waals surface area contributed by atoms with Gasteiger partial charge in [0.1, 0.15) is 11.9 Å². The van der Waals surface area contributed by atoms with Crippen molar-refractivity contribution in [1.82, 2.24) is 10.6 Å². The number of nitrogens with one attached hydrogen (secondary N) is 2. The Morgan fingerprint density at radius 3 is 2.48 bits per heavy atom. The smallest absolute Gasteiger partial charge is 0.309 e. The Hall–Kier alpha value is -2.60. The average molecular weight is 316 g/mol. The first-order valence-corrected chi connectivity index (χ1v) is 7.31. The Balaban J connectivity index is 1.84. The zero-order valence-electron chi connectivity index (χ0n) is 13.1. The second kappa shape index (κ2) is 8.14. The van der Waals surface area contributed by atoms with Gasteiger partial charge in [0.05, 0.1) is 18.8 Å². The van der Waals surface area contributed by atoms with Gasteiger partial charge in [0, 0.05) is 7.11 Å². The lowest BCUT2D eigenvalue weighted by Crippen LogP contribution is -2.42. The molecule has 0 fully saturated rings. The number of methoxy groups -OCH3 is 1. The van der Waals surface area contributed by atoms with Crippen LogP contribution >= 0.6 is 0 Å². The molecule has 2 aromatic rings. The van der Waals surface area contributed by atoms with Gasteiger partial charge in [-0.2, -0.15) is 0 Å². The van der Waals surface area contributed by atoms with Crippen molar-refractivity contribution >= 4 is 11.8 Å². The molecule has 1 heterocycles. The van der Waals surface area contributed by atoms with Crippen LogP contribution < -0.4 is 10.6 Å². The standard InChI is InChI=1S/C17H20N2O4/c1-12(13-7-4-3-5-8-13)19-17(21)16(20)18-11-15(22-2)14-9-6-10-23-14/h3-10,12,15H,11H2,1-2H3,(H,18,20)(H,19,21). The monoisotopic (exact) mass is 316 g/mol. The van der Waals surface area contributed by atoms with Gasteiger partial charge in [-0.3, -0.25) is 9.59 Å². The van der Waals surface area contributed by atoms with Gasteiger partial charge in [-0.1, -0.05) is 30.3 Å². The molecule has 0 aliphatic heterocycles. The van der Waals surface area contributed by atoms with Crippen molar-refractivity contribution in [3.05, 3.63) is 60.1 Å². The topological polar surface area (TPSA) is 80.6 Å². The van der Waals surface area contributed by atoms with Crippen LogP contribution in [-0.2, 0) is 14.3 Å². The lowest BCUT2D eigenvalue weighted by molar-refractivity contribution is -0.139. The molecule has 0 saturated carbocycles. The third-order valence-corrected chi connectivity index (χ3v) is 3.45. The van der Waals surface area contributed by atoms with Gasteiger partial charge >= 0.3 is 11.8 Å². The maximum absolute atomic E-state index is 11.9. The fourth-order valence-electron chi connectivity index (χ4n) is 2.13. The first kappa shape index (κ1) is 16.8. The van der Waals surface area contributed by atoms with E-state index in [4.69, 9.17) is 9.15 Å². The Morgan fingerprint density at radius 2 is 1.87 bits per heavy atom. The summed E-state index contributed by atoms with van der Waals surface area (Å²) in [5.74, 6) is -0.803. The summed E-state index contributed by atoms with van der Waals surface area (Å²) in [6.45, 7) is 1.97. The quantitative estimate of drug-likeness (QED) is 0.798. The second-order valence-electron chi connectivity index (χ2n) is 5.06. The molecule has 2 rings (SSSR count). The highest BCUT2D eigenvalue weighted by Crippen LogP contribution is 2.15. The van der Waals surface area contributed by atoms with E-state index in [9.17, 15) is 9.59 Å². The lowest BCUT2D eigenvalue weighted by atomic mass is 10.1. The van der Waals surface area contributed by atoms with Gasteiger partial charge in [0.15, 0.2) is 0 Å². The van der Waals surface area contributed by atoms with E-state index in [0.717, 1.165) is 5.56 Å². The van der Waals surface area contributed by atoms with E-state index in [1.54, 1.807) is 12.1 Å². The molecule has 23 heavy (non-hydrogen) atoms. The van der Waals surface area contributed by atoms with Crippen molar-refractivity contribution < 1.29 is 18.7 Å². The summed E-state index contributed by atoms with van der Waals surface area (Å²) in [6.07, 6.45) is 1.09. The number of carbonyl (C=O) groups is 2. The van der Waals surface area contributed by atoms with Crippen LogP contribution in [0.5, 0.6) is 0 Å². The van der Waals surface area contributed by atoms with Crippen LogP contribution in [0.4, 0.5) is 0 Å². The summed E-state index contributed by atoms with van der Waals surface area (Å²) in [5.41, 5.74) is 0.930. The van der Waals surface area contributed by atoms with Crippen molar-refractivity contribution in [2.45, 2.75) is 19.1 Å². The Kier molecular flexibility index (Phi) is 5.94. The Bertz CT molecular complexity index is 625. The number of benzene rings is 1. The number of rotatable bonds is 6. The lowest BCUT2D eigenvalue weighted by Gasteiger charge is -2.16. The fraction of sp³-hybridized carbons (Fsp3) is 0.294. The molecule has 0 bridgehead atoms. The zero-order chi connectivity index (χ0) is 16.7. The number of hydrogen-bond acceptors (Lipinski definition) is 4. The van der Waals surface area contributed by atoms with Crippen molar-refractivity contribution in [3.63, 3.8) is 0 Å². The van der Waals surface area contributed by atoms with E-state index < -0.39 is 17.9 Å². The van der Waals surface area contributed by atoms with Gasteiger partial charge < -0.3 is 19.8 Å². The van der Waals surface area contributed by atoms with Crippen molar-refractivity contribution in [3.8, 4) is 0 Å². The first-order chi connectivity index (χ1) is 11.1. The van der Waals surface area contributed by atoms with Crippen LogP contribution in [0.1, 0.15) is 30.4 Å². The normalized spacial score (nSPS) is 13.1. The average Bonchev–Trinajstić information content (AvgIpc) is 3.10. The predicted molar refractivity (Wildman–Crippen MR) is 84.5 cm³/mol. The van der Waals surface area contributed by atoms with Crippen molar-refractivity contribution in [2.24, 2.45) is 0 Å². The van der Waals surface area contributed by atoms with Gasteiger partial charge in [-0.15, -0.1) is 0 Å². The summed E-state index contributed by atoms with van der Waals surface area (Å²) in [6, 6.07) is 12.7. The SMILES string of the molecule is COC(CNC(=O)C(=O)NC(C)c1ccccc1)c1ccco1. The fourth-order valence-corrected chi connectivity index (χ4v) is 2.13. The molecule has 6 nitrogen and oxygen atoms in total. The molecule has 6 heteroatoms. The van der Waals surface area contributed by atoms with Crippen LogP contribution in [-0.4, -0.2) is 25.5 Å². The van der Waals surface area contributed by atoms with Crippen LogP contribution in [0.3, 0.4) is 0 Å². The number of ether oxygens (including phenoxy) is 1. The number of furan rings is 1. The third kappa shape index (κ3) is 4.69.